The Kier molecular flexibility index (Phi) is 5.02. The van der Waals surface area contributed by atoms with Crippen molar-refractivity contribution in [1.29, 1.82) is 0 Å². The van der Waals surface area contributed by atoms with E-state index in [-0.39, 0.29) is 11.5 Å². The third kappa shape index (κ3) is 3.25. The van der Waals surface area contributed by atoms with Gasteiger partial charge in [-0.25, -0.2) is 4.98 Å². The molecule has 0 bridgehead atoms. The molecule has 7 heteroatoms. The molecular weight excluding hydrogens is 394 g/mol. The van der Waals surface area contributed by atoms with Gasteiger partial charge in [-0.05, 0) is 62.3 Å². The van der Waals surface area contributed by atoms with Crippen LogP contribution in [0.4, 0.5) is 5.69 Å². The second-order valence-corrected chi connectivity index (χ2v) is 9.06. The van der Waals surface area contributed by atoms with E-state index >= 15 is 0 Å². The number of anilines is 1. The lowest BCUT2D eigenvalue weighted by atomic mass is 9.89. The van der Waals surface area contributed by atoms with Crippen molar-refractivity contribution in [1.82, 2.24) is 9.55 Å². The SMILES string of the molecule is Cc1c(Cl)cccc1NC(=O)[C@@H](C)n1cnc2sc3c(c2c1=O)CC[C@@H](C)C3. The average Bonchev–Trinajstić information content (AvgIpc) is 3.03. The maximum Gasteiger partial charge on any atom is 0.263 e. The number of nitrogens with one attached hydrogen (secondary N) is 1. The molecule has 0 fully saturated rings. The fraction of sp³-hybridized carbons (Fsp3) is 0.381. The maximum absolute atomic E-state index is 13.2. The van der Waals surface area contributed by atoms with Crippen molar-refractivity contribution >= 4 is 44.7 Å². The van der Waals surface area contributed by atoms with Gasteiger partial charge in [0, 0.05) is 15.6 Å². The topological polar surface area (TPSA) is 64.0 Å². The predicted molar refractivity (Wildman–Crippen MR) is 115 cm³/mol. The van der Waals surface area contributed by atoms with E-state index in [1.54, 1.807) is 36.5 Å². The van der Waals surface area contributed by atoms with Crippen LogP contribution in [0.15, 0.2) is 29.3 Å². The predicted octanol–water partition coefficient (Wildman–Crippen LogP) is 4.74. The molecule has 4 rings (SSSR count). The minimum Gasteiger partial charge on any atom is -0.324 e. The third-order valence-electron chi connectivity index (χ3n) is 5.56. The Morgan fingerprint density at radius 1 is 1.43 bits per heavy atom. The van der Waals surface area contributed by atoms with Gasteiger partial charge in [0.2, 0.25) is 5.91 Å². The summed E-state index contributed by atoms with van der Waals surface area (Å²) in [6.07, 6.45) is 4.47. The first kappa shape index (κ1) is 19.2. The number of rotatable bonds is 3. The highest BCUT2D eigenvalue weighted by molar-refractivity contribution is 7.18. The van der Waals surface area contributed by atoms with Crippen molar-refractivity contribution in [2.24, 2.45) is 5.92 Å². The van der Waals surface area contributed by atoms with Crippen LogP contribution in [0.3, 0.4) is 0 Å². The van der Waals surface area contributed by atoms with Crippen LogP contribution >= 0.6 is 22.9 Å². The number of hydrogen-bond donors (Lipinski definition) is 1. The van der Waals surface area contributed by atoms with E-state index in [9.17, 15) is 9.59 Å². The zero-order chi connectivity index (χ0) is 20.0. The van der Waals surface area contributed by atoms with Crippen molar-refractivity contribution < 1.29 is 4.79 Å². The molecule has 1 aliphatic carbocycles. The highest BCUT2D eigenvalue weighted by Crippen LogP contribution is 2.35. The van der Waals surface area contributed by atoms with Gasteiger partial charge in [-0.15, -0.1) is 11.3 Å². The molecule has 1 amide bonds. The van der Waals surface area contributed by atoms with E-state index < -0.39 is 6.04 Å². The van der Waals surface area contributed by atoms with Crippen LogP contribution < -0.4 is 10.9 Å². The minimum absolute atomic E-state index is 0.137. The molecule has 2 heterocycles. The van der Waals surface area contributed by atoms with Gasteiger partial charge in [0.05, 0.1) is 11.7 Å². The lowest BCUT2D eigenvalue weighted by molar-refractivity contribution is -0.118. The summed E-state index contributed by atoms with van der Waals surface area (Å²) in [7, 11) is 0. The van der Waals surface area contributed by atoms with Crippen LogP contribution in [0, 0.1) is 12.8 Å². The van der Waals surface area contributed by atoms with E-state index in [1.807, 2.05) is 6.92 Å². The van der Waals surface area contributed by atoms with Gasteiger partial charge >= 0.3 is 0 Å². The van der Waals surface area contributed by atoms with Gasteiger partial charge < -0.3 is 5.32 Å². The monoisotopic (exact) mass is 415 g/mol. The summed E-state index contributed by atoms with van der Waals surface area (Å²) in [5, 5.41) is 4.15. The molecule has 1 aliphatic rings. The van der Waals surface area contributed by atoms with E-state index in [0.29, 0.717) is 22.0 Å². The number of aryl methyl sites for hydroxylation is 1. The molecule has 1 N–H and O–H groups in total. The highest BCUT2D eigenvalue weighted by Gasteiger charge is 2.25. The lowest BCUT2D eigenvalue weighted by Gasteiger charge is -2.18. The fourth-order valence-corrected chi connectivity index (χ4v) is 5.24. The first-order valence-corrected chi connectivity index (χ1v) is 10.6. The van der Waals surface area contributed by atoms with E-state index in [2.05, 4.69) is 17.2 Å². The molecule has 0 radical (unpaired) electrons. The number of carbonyl (C=O) groups excluding carboxylic acids is 1. The molecule has 0 aliphatic heterocycles. The number of fused-ring (bicyclic) bond motifs is 3. The molecule has 0 saturated heterocycles. The number of amides is 1. The van der Waals surface area contributed by atoms with Gasteiger partial charge in [0.25, 0.3) is 5.56 Å². The van der Waals surface area contributed by atoms with E-state index in [4.69, 9.17) is 11.6 Å². The number of hydrogen-bond acceptors (Lipinski definition) is 4. The molecule has 0 unspecified atom stereocenters. The number of carbonyl (C=O) groups is 1. The summed E-state index contributed by atoms with van der Waals surface area (Å²) in [5.74, 6) is 0.361. The summed E-state index contributed by atoms with van der Waals surface area (Å²) in [6.45, 7) is 5.80. The highest BCUT2D eigenvalue weighted by atomic mass is 35.5. The first-order valence-electron chi connectivity index (χ1n) is 9.44. The van der Waals surface area contributed by atoms with Gasteiger partial charge in [0.1, 0.15) is 10.9 Å². The average molecular weight is 416 g/mol. The van der Waals surface area contributed by atoms with Gasteiger partial charge in [-0.1, -0.05) is 24.6 Å². The van der Waals surface area contributed by atoms with Crippen molar-refractivity contribution in [3.8, 4) is 0 Å². The Morgan fingerprint density at radius 3 is 3.00 bits per heavy atom. The molecule has 0 spiro atoms. The summed E-state index contributed by atoms with van der Waals surface area (Å²) in [4.78, 5) is 32.5. The Labute approximate surface area is 172 Å². The normalized spacial score (nSPS) is 17.4. The van der Waals surface area contributed by atoms with Crippen LogP contribution in [0.5, 0.6) is 0 Å². The summed E-state index contributed by atoms with van der Waals surface area (Å²) >= 11 is 7.75. The lowest BCUT2D eigenvalue weighted by Crippen LogP contribution is -2.32. The van der Waals surface area contributed by atoms with Gasteiger partial charge in [0.15, 0.2) is 0 Å². The van der Waals surface area contributed by atoms with Crippen LogP contribution in [0.1, 0.15) is 42.3 Å². The second kappa shape index (κ2) is 7.33. The molecule has 2 atom stereocenters. The Bertz CT molecular complexity index is 1130. The summed E-state index contributed by atoms with van der Waals surface area (Å²) in [6, 6.07) is 4.68. The molecule has 146 valence electrons. The smallest absolute Gasteiger partial charge is 0.263 e. The summed E-state index contributed by atoms with van der Waals surface area (Å²) < 4.78 is 1.43. The van der Waals surface area contributed by atoms with Crippen LogP contribution in [-0.2, 0) is 17.6 Å². The molecule has 5 nitrogen and oxygen atoms in total. The van der Waals surface area contributed by atoms with Crippen molar-refractivity contribution in [2.45, 2.75) is 46.1 Å². The first-order chi connectivity index (χ1) is 13.4. The molecule has 3 aromatic rings. The number of benzene rings is 1. The Balaban J connectivity index is 1.68. The zero-order valence-corrected chi connectivity index (χ0v) is 17.7. The van der Waals surface area contributed by atoms with Crippen molar-refractivity contribution in [3.63, 3.8) is 0 Å². The zero-order valence-electron chi connectivity index (χ0n) is 16.1. The molecular formula is C21H22ClN3O2S. The molecule has 2 aromatic heterocycles. The Morgan fingerprint density at radius 2 is 2.21 bits per heavy atom. The largest absolute Gasteiger partial charge is 0.324 e. The minimum atomic E-state index is -0.680. The van der Waals surface area contributed by atoms with Gasteiger partial charge in [-0.3, -0.25) is 14.2 Å². The number of halogens is 1. The van der Waals surface area contributed by atoms with Crippen molar-refractivity contribution in [2.75, 3.05) is 5.32 Å². The quantitative estimate of drug-likeness (QED) is 0.671. The molecule has 0 saturated carbocycles. The van der Waals surface area contributed by atoms with Crippen LogP contribution in [-0.4, -0.2) is 15.5 Å². The van der Waals surface area contributed by atoms with Crippen LogP contribution in [0.2, 0.25) is 5.02 Å². The van der Waals surface area contributed by atoms with E-state index in [1.165, 1.54) is 15.8 Å². The maximum atomic E-state index is 13.2. The van der Waals surface area contributed by atoms with E-state index in [0.717, 1.165) is 35.2 Å². The standard InChI is InChI=1S/C21H22ClN3O2S/c1-11-7-8-14-17(9-11)28-20-18(14)21(27)25(10-23-20)13(3)19(26)24-16-6-4-5-15(22)12(16)2/h4-6,10-11,13H,7-9H2,1-3H3,(H,24,26)/t11-,13-/m1/s1. The summed E-state index contributed by atoms with van der Waals surface area (Å²) in [5.41, 5.74) is 2.44. The fourth-order valence-electron chi connectivity index (χ4n) is 3.73. The number of aromatic nitrogens is 2. The third-order valence-corrected chi connectivity index (χ3v) is 7.13. The molecule has 1 aromatic carbocycles. The molecule has 28 heavy (non-hydrogen) atoms. The second-order valence-electron chi connectivity index (χ2n) is 7.57. The van der Waals surface area contributed by atoms with Crippen molar-refractivity contribution in [3.05, 3.63) is 55.9 Å². The van der Waals surface area contributed by atoms with Gasteiger partial charge in [-0.2, -0.15) is 0 Å². The Hall–Kier alpha value is -2.18. The number of nitrogens with zero attached hydrogens (tertiary/aromatic N) is 2. The number of thiophene rings is 1. The van der Waals surface area contributed by atoms with Crippen LogP contribution in [0.25, 0.3) is 10.2 Å².